The van der Waals surface area contributed by atoms with Gasteiger partial charge >= 0.3 is 5.97 Å². The number of hydrogen-bond acceptors (Lipinski definition) is 2. The highest BCUT2D eigenvalue weighted by molar-refractivity contribution is 5.96. The molecule has 0 saturated carbocycles. The van der Waals surface area contributed by atoms with Gasteiger partial charge in [0.25, 0.3) is 0 Å². The number of benzene rings is 1. The fourth-order valence-electron chi connectivity index (χ4n) is 1.15. The molecule has 0 bridgehead atoms. The minimum Gasteiger partial charge on any atom is -0.478 e. The number of carbonyl (C=O) groups is 2. The van der Waals surface area contributed by atoms with Crippen LogP contribution in [0.1, 0.15) is 15.9 Å². The molecule has 0 aromatic heterocycles. The van der Waals surface area contributed by atoms with Crippen LogP contribution in [-0.2, 0) is 4.79 Å². The van der Waals surface area contributed by atoms with Gasteiger partial charge in [-0.3, -0.25) is 4.79 Å². The molecule has 1 aromatic rings. The van der Waals surface area contributed by atoms with Gasteiger partial charge in [0, 0.05) is 20.2 Å². The second-order valence-corrected chi connectivity index (χ2v) is 3.46. The van der Waals surface area contributed by atoms with Crippen LogP contribution in [0, 0.1) is 0 Å². The van der Waals surface area contributed by atoms with E-state index in [1.807, 2.05) is 0 Å². The summed E-state index contributed by atoms with van der Waals surface area (Å²) < 4.78 is 0. The summed E-state index contributed by atoms with van der Waals surface area (Å²) in [7, 11) is 3.27. The van der Waals surface area contributed by atoms with E-state index >= 15 is 0 Å². The number of rotatable bonds is 3. The summed E-state index contributed by atoms with van der Waals surface area (Å²) >= 11 is 0. The van der Waals surface area contributed by atoms with Crippen molar-refractivity contribution in [1.29, 1.82) is 0 Å². The summed E-state index contributed by atoms with van der Waals surface area (Å²) in [6.07, 6.45) is 2.85. The van der Waals surface area contributed by atoms with Gasteiger partial charge in [-0.25, -0.2) is 4.79 Å². The number of likely N-dealkylation sites (N-methyl/N-ethyl adjacent to an activating group) is 1. The molecule has 0 aliphatic heterocycles. The monoisotopic (exact) mass is 219 g/mol. The lowest BCUT2D eigenvalue weighted by atomic mass is 10.1. The molecule has 1 rings (SSSR count). The molecule has 1 N–H and O–H groups in total. The maximum atomic E-state index is 11.3. The third kappa shape index (κ3) is 2.95. The maximum Gasteiger partial charge on any atom is 0.336 e. The van der Waals surface area contributed by atoms with E-state index in [2.05, 4.69) is 0 Å². The lowest BCUT2D eigenvalue weighted by Crippen LogP contribution is -2.18. The third-order valence-electron chi connectivity index (χ3n) is 2.04. The standard InChI is InChI=1S/C12H13NO3/c1-13(2)11(14)8-7-9-5-3-4-6-10(9)12(15)16/h3-8H,1-2H3,(H,15,16). The van der Waals surface area contributed by atoms with Crippen LogP contribution in [0.2, 0.25) is 0 Å². The Morgan fingerprint density at radius 1 is 1.25 bits per heavy atom. The number of aromatic carboxylic acids is 1. The summed E-state index contributed by atoms with van der Waals surface area (Å²) in [5.74, 6) is -1.18. The lowest BCUT2D eigenvalue weighted by molar-refractivity contribution is -0.123. The summed E-state index contributed by atoms with van der Waals surface area (Å²) in [5.41, 5.74) is 0.704. The molecule has 0 saturated heterocycles. The Morgan fingerprint density at radius 2 is 1.88 bits per heavy atom. The second-order valence-electron chi connectivity index (χ2n) is 3.46. The van der Waals surface area contributed by atoms with Crippen molar-refractivity contribution in [2.24, 2.45) is 0 Å². The molecular formula is C12H13NO3. The van der Waals surface area contributed by atoms with Gasteiger partial charge in [0.15, 0.2) is 0 Å². The molecule has 1 aromatic carbocycles. The van der Waals surface area contributed by atoms with Gasteiger partial charge in [-0.2, -0.15) is 0 Å². The minimum absolute atomic E-state index is 0.180. The van der Waals surface area contributed by atoms with E-state index in [0.29, 0.717) is 5.56 Å². The predicted molar refractivity (Wildman–Crippen MR) is 61.1 cm³/mol. The molecule has 1 amide bonds. The summed E-state index contributed by atoms with van der Waals surface area (Å²) in [6.45, 7) is 0. The zero-order valence-electron chi connectivity index (χ0n) is 9.18. The third-order valence-corrected chi connectivity index (χ3v) is 2.04. The van der Waals surface area contributed by atoms with Crippen LogP contribution in [0.15, 0.2) is 30.3 Å². The highest BCUT2D eigenvalue weighted by Gasteiger charge is 2.06. The quantitative estimate of drug-likeness (QED) is 0.783. The average Bonchev–Trinajstić information content (AvgIpc) is 2.25. The first-order valence-corrected chi connectivity index (χ1v) is 4.74. The van der Waals surface area contributed by atoms with Crippen molar-refractivity contribution >= 4 is 18.0 Å². The van der Waals surface area contributed by atoms with Crippen LogP contribution < -0.4 is 0 Å². The van der Waals surface area contributed by atoms with Crippen LogP contribution in [0.25, 0.3) is 6.08 Å². The van der Waals surface area contributed by atoms with E-state index in [1.165, 1.54) is 23.1 Å². The fraction of sp³-hybridized carbons (Fsp3) is 0.167. The first-order valence-electron chi connectivity index (χ1n) is 4.74. The van der Waals surface area contributed by atoms with E-state index in [0.717, 1.165) is 0 Å². The molecule has 4 nitrogen and oxygen atoms in total. The first-order chi connectivity index (χ1) is 7.52. The Labute approximate surface area is 93.8 Å². The molecule has 0 aliphatic rings. The SMILES string of the molecule is CN(C)C(=O)C=Cc1ccccc1C(=O)O. The highest BCUT2D eigenvalue weighted by atomic mass is 16.4. The smallest absolute Gasteiger partial charge is 0.336 e. The number of hydrogen-bond donors (Lipinski definition) is 1. The molecule has 0 heterocycles. The number of carboxylic acid groups (broad SMARTS) is 1. The van der Waals surface area contributed by atoms with Gasteiger partial charge in [-0.1, -0.05) is 18.2 Å². The molecule has 0 unspecified atom stereocenters. The molecular weight excluding hydrogens is 206 g/mol. The van der Waals surface area contributed by atoms with Crippen molar-refractivity contribution in [3.05, 3.63) is 41.5 Å². The van der Waals surface area contributed by atoms with Crippen molar-refractivity contribution in [2.45, 2.75) is 0 Å². The summed E-state index contributed by atoms with van der Waals surface area (Å²) in [6, 6.07) is 6.53. The van der Waals surface area contributed by atoms with Crippen LogP contribution in [0.5, 0.6) is 0 Å². The number of carbonyl (C=O) groups excluding carboxylic acids is 1. The normalized spacial score (nSPS) is 10.4. The Bertz CT molecular complexity index is 436. The molecule has 4 heteroatoms. The highest BCUT2D eigenvalue weighted by Crippen LogP contribution is 2.10. The van der Waals surface area contributed by atoms with E-state index in [4.69, 9.17) is 5.11 Å². The van der Waals surface area contributed by atoms with Crippen LogP contribution in [0.3, 0.4) is 0 Å². The number of nitrogens with zero attached hydrogens (tertiary/aromatic N) is 1. The molecule has 16 heavy (non-hydrogen) atoms. The largest absolute Gasteiger partial charge is 0.478 e. The second kappa shape index (κ2) is 5.11. The topological polar surface area (TPSA) is 57.6 Å². The molecule has 0 radical (unpaired) electrons. The zero-order valence-corrected chi connectivity index (χ0v) is 9.18. The Hall–Kier alpha value is -2.10. The molecule has 0 fully saturated rings. The van der Waals surface area contributed by atoms with Gasteiger partial charge in [0.05, 0.1) is 5.56 Å². The van der Waals surface area contributed by atoms with E-state index in [1.54, 1.807) is 32.3 Å². The Balaban J connectivity index is 2.97. The molecule has 0 aliphatic carbocycles. The number of carboxylic acids is 1. The maximum absolute atomic E-state index is 11.3. The van der Waals surface area contributed by atoms with Gasteiger partial charge in [-0.05, 0) is 17.7 Å². The van der Waals surface area contributed by atoms with Crippen molar-refractivity contribution in [3.8, 4) is 0 Å². The van der Waals surface area contributed by atoms with Crippen LogP contribution in [0.4, 0.5) is 0 Å². The van der Waals surface area contributed by atoms with Crippen molar-refractivity contribution in [3.63, 3.8) is 0 Å². The number of amides is 1. The van der Waals surface area contributed by atoms with Gasteiger partial charge in [0.1, 0.15) is 0 Å². The summed E-state index contributed by atoms with van der Waals surface area (Å²) in [4.78, 5) is 23.6. The predicted octanol–water partition coefficient (Wildman–Crippen LogP) is 1.49. The van der Waals surface area contributed by atoms with Crippen LogP contribution in [-0.4, -0.2) is 36.0 Å². The lowest BCUT2D eigenvalue weighted by Gasteiger charge is -2.05. The zero-order chi connectivity index (χ0) is 12.1. The Kier molecular flexibility index (Phi) is 3.83. The van der Waals surface area contributed by atoms with Crippen molar-refractivity contribution in [1.82, 2.24) is 4.90 Å². The molecule has 84 valence electrons. The first kappa shape index (κ1) is 12.0. The van der Waals surface area contributed by atoms with Crippen molar-refractivity contribution in [2.75, 3.05) is 14.1 Å². The van der Waals surface area contributed by atoms with E-state index in [9.17, 15) is 9.59 Å². The van der Waals surface area contributed by atoms with Gasteiger partial charge in [0.2, 0.25) is 5.91 Å². The summed E-state index contributed by atoms with van der Waals surface area (Å²) in [5, 5.41) is 8.91. The van der Waals surface area contributed by atoms with Crippen LogP contribution >= 0.6 is 0 Å². The Morgan fingerprint density at radius 3 is 2.44 bits per heavy atom. The van der Waals surface area contributed by atoms with E-state index < -0.39 is 5.97 Å². The average molecular weight is 219 g/mol. The van der Waals surface area contributed by atoms with Crippen molar-refractivity contribution < 1.29 is 14.7 Å². The van der Waals surface area contributed by atoms with Gasteiger partial charge in [-0.15, -0.1) is 0 Å². The minimum atomic E-state index is -1.00. The molecule has 0 atom stereocenters. The molecule has 0 spiro atoms. The van der Waals surface area contributed by atoms with Gasteiger partial charge < -0.3 is 10.0 Å². The van der Waals surface area contributed by atoms with E-state index in [-0.39, 0.29) is 11.5 Å². The fourth-order valence-corrected chi connectivity index (χ4v) is 1.15.